The van der Waals surface area contributed by atoms with Crippen molar-refractivity contribution in [1.29, 1.82) is 0 Å². The van der Waals surface area contributed by atoms with E-state index in [9.17, 15) is 0 Å². The van der Waals surface area contributed by atoms with E-state index < -0.39 is 0 Å². The number of pyridine rings is 1. The first-order valence-electron chi connectivity index (χ1n) is 14.7. The van der Waals surface area contributed by atoms with Crippen molar-refractivity contribution in [3.8, 4) is 67.5 Å². The second-order valence-electron chi connectivity index (χ2n) is 10.8. The van der Waals surface area contributed by atoms with Crippen LogP contribution in [0.1, 0.15) is 11.4 Å². The van der Waals surface area contributed by atoms with E-state index in [4.69, 9.17) is 15.0 Å². The van der Waals surface area contributed by atoms with Gasteiger partial charge in [0.25, 0.3) is 0 Å². The van der Waals surface area contributed by atoms with E-state index in [1.54, 1.807) is 0 Å². The molecule has 0 N–H and O–H groups in total. The van der Waals surface area contributed by atoms with Gasteiger partial charge in [-0.3, -0.25) is 4.98 Å². The van der Waals surface area contributed by atoms with Crippen molar-refractivity contribution in [2.45, 2.75) is 13.8 Å². The van der Waals surface area contributed by atoms with Crippen LogP contribution in [0.25, 0.3) is 67.5 Å². The van der Waals surface area contributed by atoms with Gasteiger partial charge in [0, 0.05) is 28.1 Å². The fourth-order valence-corrected chi connectivity index (χ4v) is 5.53. The van der Waals surface area contributed by atoms with Crippen LogP contribution in [0.5, 0.6) is 0 Å². The minimum absolute atomic E-state index is 0.616. The van der Waals surface area contributed by atoms with Crippen molar-refractivity contribution in [3.05, 3.63) is 157 Å². The highest BCUT2D eigenvalue weighted by atomic mass is 15.0. The molecule has 0 unspecified atom stereocenters. The predicted molar refractivity (Wildman–Crippen MR) is 180 cm³/mol. The number of hydrogen-bond donors (Lipinski definition) is 0. The Morgan fingerprint density at radius 3 is 1.39 bits per heavy atom. The van der Waals surface area contributed by atoms with E-state index in [0.29, 0.717) is 17.5 Å². The fraction of sp³-hybridized carbons (Fsp3) is 0.0500. The minimum atomic E-state index is 0.616. The summed E-state index contributed by atoms with van der Waals surface area (Å²) in [4.78, 5) is 19.4. The predicted octanol–water partition coefficient (Wildman–Crippen LogP) is 9.89. The lowest BCUT2D eigenvalue weighted by molar-refractivity contribution is 1.05. The average molecular weight is 567 g/mol. The monoisotopic (exact) mass is 566 g/mol. The van der Waals surface area contributed by atoms with Crippen molar-refractivity contribution >= 4 is 0 Å². The normalized spacial score (nSPS) is 11.0. The number of benzene rings is 5. The third-order valence-electron chi connectivity index (χ3n) is 7.80. The molecule has 4 heteroatoms. The molecule has 4 nitrogen and oxygen atoms in total. The summed E-state index contributed by atoms with van der Waals surface area (Å²) < 4.78 is 0. The Morgan fingerprint density at radius 1 is 0.318 bits per heavy atom. The fourth-order valence-electron chi connectivity index (χ4n) is 5.53. The standard InChI is InChI=1S/C40H30N4/c1-27-18-24-35(28(2)41-27)40-43-38(32-16-10-5-11-17-32)42-39(44-40)33-21-19-31(20-22-33)36-25-23-34(29-12-6-3-7-13-29)26-37(36)30-14-8-4-9-15-30/h3-26H,1-2H3. The highest BCUT2D eigenvalue weighted by molar-refractivity contribution is 5.87. The summed E-state index contributed by atoms with van der Waals surface area (Å²) in [5.74, 6) is 1.88. The van der Waals surface area contributed by atoms with Crippen LogP contribution in [0.4, 0.5) is 0 Å². The number of hydrogen-bond acceptors (Lipinski definition) is 4. The van der Waals surface area contributed by atoms with E-state index in [2.05, 4.69) is 108 Å². The van der Waals surface area contributed by atoms with Crippen LogP contribution in [0.2, 0.25) is 0 Å². The molecule has 5 aromatic carbocycles. The summed E-state index contributed by atoms with van der Waals surface area (Å²) >= 11 is 0. The van der Waals surface area contributed by atoms with Crippen LogP contribution in [0.3, 0.4) is 0 Å². The first kappa shape index (κ1) is 27.1. The molecule has 7 rings (SSSR count). The Kier molecular flexibility index (Phi) is 7.31. The Morgan fingerprint density at radius 2 is 0.773 bits per heavy atom. The SMILES string of the molecule is Cc1ccc(-c2nc(-c3ccccc3)nc(-c3ccc(-c4ccc(-c5ccccc5)cc4-c4ccccc4)cc3)n2)c(C)n1. The summed E-state index contributed by atoms with van der Waals surface area (Å²) in [7, 11) is 0. The van der Waals surface area contributed by atoms with Gasteiger partial charge in [0.15, 0.2) is 17.5 Å². The molecule has 0 aliphatic carbocycles. The molecule has 210 valence electrons. The van der Waals surface area contributed by atoms with Gasteiger partial charge in [0.1, 0.15) is 0 Å². The quantitative estimate of drug-likeness (QED) is 0.201. The first-order valence-corrected chi connectivity index (χ1v) is 14.7. The zero-order valence-electron chi connectivity index (χ0n) is 24.6. The maximum Gasteiger partial charge on any atom is 0.165 e. The molecule has 0 atom stereocenters. The number of aromatic nitrogens is 4. The maximum atomic E-state index is 4.94. The molecule has 44 heavy (non-hydrogen) atoms. The molecule has 0 fully saturated rings. The molecule has 0 aliphatic rings. The molecule has 0 spiro atoms. The summed E-state index contributed by atoms with van der Waals surface area (Å²) in [5, 5.41) is 0. The number of nitrogens with zero attached hydrogens (tertiary/aromatic N) is 4. The second-order valence-corrected chi connectivity index (χ2v) is 10.8. The van der Waals surface area contributed by atoms with Crippen LogP contribution in [-0.4, -0.2) is 19.9 Å². The lowest BCUT2D eigenvalue weighted by atomic mass is 9.91. The van der Waals surface area contributed by atoms with Crippen molar-refractivity contribution in [2.24, 2.45) is 0 Å². The molecule has 2 heterocycles. The molecule has 7 aromatic rings. The van der Waals surface area contributed by atoms with Gasteiger partial charge < -0.3 is 0 Å². The zero-order chi connectivity index (χ0) is 29.9. The van der Waals surface area contributed by atoms with Crippen LogP contribution in [0.15, 0.2) is 146 Å². The van der Waals surface area contributed by atoms with Gasteiger partial charge in [-0.25, -0.2) is 15.0 Å². The Balaban J connectivity index is 1.32. The largest absolute Gasteiger partial charge is 0.258 e. The second kappa shape index (κ2) is 11.9. The third kappa shape index (κ3) is 5.53. The van der Waals surface area contributed by atoms with Gasteiger partial charge in [-0.1, -0.05) is 127 Å². The Bertz CT molecular complexity index is 2050. The topological polar surface area (TPSA) is 51.6 Å². The van der Waals surface area contributed by atoms with Crippen molar-refractivity contribution in [1.82, 2.24) is 19.9 Å². The van der Waals surface area contributed by atoms with E-state index in [0.717, 1.165) is 33.6 Å². The molecule has 0 bridgehead atoms. The van der Waals surface area contributed by atoms with Gasteiger partial charge in [0.05, 0.1) is 0 Å². The van der Waals surface area contributed by atoms with Crippen LogP contribution < -0.4 is 0 Å². The molecular formula is C40H30N4. The summed E-state index contributed by atoms with van der Waals surface area (Å²) in [6, 6.07) is 50.4. The van der Waals surface area contributed by atoms with Gasteiger partial charge in [-0.05, 0) is 65.4 Å². The molecular weight excluding hydrogens is 536 g/mol. The molecule has 2 aromatic heterocycles. The summed E-state index contributed by atoms with van der Waals surface area (Å²) in [5.41, 5.74) is 11.7. The van der Waals surface area contributed by atoms with E-state index >= 15 is 0 Å². The lowest BCUT2D eigenvalue weighted by Crippen LogP contribution is -2.02. The van der Waals surface area contributed by atoms with Gasteiger partial charge in [0.2, 0.25) is 0 Å². The smallest absolute Gasteiger partial charge is 0.165 e. The molecule has 0 radical (unpaired) electrons. The minimum Gasteiger partial charge on any atom is -0.258 e. The maximum absolute atomic E-state index is 4.94. The van der Waals surface area contributed by atoms with Gasteiger partial charge >= 0.3 is 0 Å². The number of aryl methyl sites for hydroxylation is 2. The molecule has 0 amide bonds. The van der Waals surface area contributed by atoms with Crippen molar-refractivity contribution in [3.63, 3.8) is 0 Å². The number of rotatable bonds is 6. The van der Waals surface area contributed by atoms with Gasteiger partial charge in [-0.15, -0.1) is 0 Å². The van der Waals surface area contributed by atoms with E-state index in [1.807, 2.05) is 56.3 Å². The van der Waals surface area contributed by atoms with E-state index in [-0.39, 0.29) is 0 Å². The Hall–Kier alpha value is -5.74. The third-order valence-corrected chi connectivity index (χ3v) is 7.80. The Labute approximate surface area is 257 Å². The van der Waals surface area contributed by atoms with Crippen LogP contribution >= 0.6 is 0 Å². The van der Waals surface area contributed by atoms with Crippen molar-refractivity contribution < 1.29 is 0 Å². The summed E-state index contributed by atoms with van der Waals surface area (Å²) in [6.45, 7) is 3.99. The molecule has 0 saturated heterocycles. The van der Waals surface area contributed by atoms with Crippen LogP contribution in [-0.2, 0) is 0 Å². The highest BCUT2D eigenvalue weighted by Crippen LogP contribution is 2.36. The lowest BCUT2D eigenvalue weighted by Gasteiger charge is -2.14. The van der Waals surface area contributed by atoms with E-state index in [1.165, 1.54) is 27.8 Å². The molecule has 0 aliphatic heterocycles. The first-order chi connectivity index (χ1) is 21.6. The highest BCUT2D eigenvalue weighted by Gasteiger charge is 2.15. The summed E-state index contributed by atoms with van der Waals surface area (Å²) in [6.07, 6.45) is 0. The zero-order valence-corrected chi connectivity index (χ0v) is 24.6. The van der Waals surface area contributed by atoms with Gasteiger partial charge in [-0.2, -0.15) is 0 Å². The van der Waals surface area contributed by atoms with Crippen molar-refractivity contribution in [2.75, 3.05) is 0 Å². The average Bonchev–Trinajstić information content (AvgIpc) is 3.09. The molecule has 0 saturated carbocycles. The van der Waals surface area contributed by atoms with Crippen LogP contribution in [0, 0.1) is 13.8 Å².